The molecule has 0 saturated heterocycles. The number of carbonyl (C=O) groups is 1. The lowest BCUT2D eigenvalue weighted by atomic mass is 10.0. The number of H-pyrrole nitrogens is 1. The predicted molar refractivity (Wildman–Crippen MR) is 151 cm³/mol. The largest absolute Gasteiger partial charge is 0.477 e. The van der Waals surface area contributed by atoms with Gasteiger partial charge in [0.05, 0.1) is 11.3 Å². The molecule has 2 aromatic carbocycles. The summed E-state index contributed by atoms with van der Waals surface area (Å²) in [5.74, 6) is -1.18. The van der Waals surface area contributed by atoms with E-state index in [1.165, 1.54) is 73.4 Å². The van der Waals surface area contributed by atoms with E-state index in [4.69, 9.17) is 0 Å². The molecule has 0 amide bonds. The molecule has 0 unspecified atom stereocenters. The van der Waals surface area contributed by atoms with E-state index in [9.17, 15) is 14.7 Å². The van der Waals surface area contributed by atoms with E-state index in [0.717, 1.165) is 25.1 Å². The van der Waals surface area contributed by atoms with Gasteiger partial charge >= 0.3 is 5.97 Å². The van der Waals surface area contributed by atoms with Crippen molar-refractivity contribution >= 4 is 23.8 Å². The molecule has 2 N–H and O–H groups in total. The lowest BCUT2D eigenvalue weighted by Crippen LogP contribution is -2.25. The van der Waals surface area contributed by atoms with Crippen molar-refractivity contribution < 1.29 is 9.90 Å². The number of hydrogen-bond donors (Lipinski definition) is 2. The van der Waals surface area contributed by atoms with Crippen LogP contribution >= 0.6 is 0 Å². The number of aryl methyl sites for hydroxylation is 1. The maximum atomic E-state index is 12.9. The Morgan fingerprint density at radius 1 is 1.03 bits per heavy atom. The minimum absolute atomic E-state index is 0.0764. The van der Waals surface area contributed by atoms with E-state index in [1.54, 1.807) is 24.3 Å². The molecule has 1 aliphatic heterocycles. The molecular formula is C31H37N3O3. The topological polar surface area (TPSA) is 78.3 Å². The summed E-state index contributed by atoms with van der Waals surface area (Å²) < 4.78 is 1.25. The van der Waals surface area contributed by atoms with E-state index >= 15 is 0 Å². The lowest BCUT2D eigenvalue weighted by molar-refractivity contribution is 0.0689. The van der Waals surface area contributed by atoms with Crippen molar-refractivity contribution in [3.8, 4) is 5.69 Å². The molecule has 0 saturated carbocycles. The Morgan fingerprint density at radius 3 is 2.59 bits per heavy atom. The molecule has 37 heavy (non-hydrogen) atoms. The summed E-state index contributed by atoms with van der Waals surface area (Å²) in [6.07, 6.45) is 14.5. The summed E-state index contributed by atoms with van der Waals surface area (Å²) in [6, 6.07) is 15.4. The standard InChI is InChI=1S/C31H37N3O3/c1-2-3-4-5-6-11-21-33-22-12-10-15-25-23-24(19-20-28(25)33)14-13-18-27-29(31(36)37)32-34(30(27)35)26-16-8-7-9-17-26/h7-9,14,16-20,23,32H,2-6,10-12,15,21-22H2,1H3,(H,36,37). The van der Waals surface area contributed by atoms with Gasteiger partial charge in [0.1, 0.15) is 0 Å². The minimum Gasteiger partial charge on any atom is -0.477 e. The molecule has 0 bridgehead atoms. The number of rotatable bonds is 11. The van der Waals surface area contributed by atoms with E-state index in [-0.39, 0.29) is 11.3 Å². The summed E-state index contributed by atoms with van der Waals surface area (Å²) in [5.41, 5.74) is 6.80. The fraction of sp³-hybridized carbons (Fsp3) is 0.387. The van der Waals surface area contributed by atoms with Gasteiger partial charge in [-0.15, -0.1) is 5.73 Å². The van der Waals surface area contributed by atoms with Crippen LogP contribution in [0.1, 0.15) is 85.5 Å². The molecule has 2 heterocycles. The number of anilines is 1. The number of aromatic carboxylic acids is 1. The number of carboxylic acids is 1. The van der Waals surface area contributed by atoms with Gasteiger partial charge in [-0.1, -0.05) is 63.3 Å². The van der Waals surface area contributed by atoms with Crippen LogP contribution in [0.25, 0.3) is 17.8 Å². The van der Waals surface area contributed by atoms with Crippen molar-refractivity contribution in [3.63, 3.8) is 0 Å². The van der Waals surface area contributed by atoms with Gasteiger partial charge < -0.3 is 10.0 Å². The van der Waals surface area contributed by atoms with Crippen LogP contribution < -0.4 is 10.5 Å². The monoisotopic (exact) mass is 499 g/mol. The summed E-state index contributed by atoms with van der Waals surface area (Å²) in [5, 5.41) is 12.3. The molecule has 1 aromatic heterocycles. The third-order valence-corrected chi connectivity index (χ3v) is 6.98. The fourth-order valence-electron chi connectivity index (χ4n) is 4.98. The number of para-hydroxylation sites is 1. The Kier molecular flexibility index (Phi) is 9.23. The van der Waals surface area contributed by atoms with Crippen LogP contribution in [0, 0.1) is 0 Å². The average Bonchev–Trinajstić information content (AvgIpc) is 3.10. The lowest BCUT2D eigenvalue weighted by Gasteiger charge is -2.25. The summed E-state index contributed by atoms with van der Waals surface area (Å²) in [7, 11) is 0. The van der Waals surface area contributed by atoms with Crippen molar-refractivity contribution in [2.24, 2.45) is 0 Å². The number of hydrogen-bond acceptors (Lipinski definition) is 3. The van der Waals surface area contributed by atoms with Crippen LogP contribution in [0.2, 0.25) is 0 Å². The maximum absolute atomic E-state index is 12.9. The van der Waals surface area contributed by atoms with Crippen molar-refractivity contribution in [1.82, 2.24) is 9.78 Å². The van der Waals surface area contributed by atoms with Gasteiger partial charge in [0.15, 0.2) is 5.69 Å². The molecular weight excluding hydrogens is 462 g/mol. The zero-order valence-electron chi connectivity index (χ0n) is 21.7. The third-order valence-electron chi connectivity index (χ3n) is 6.98. The molecule has 4 rings (SSSR count). The summed E-state index contributed by atoms with van der Waals surface area (Å²) in [4.78, 5) is 27.2. The van der Waals surface area contributed by atoms with E-state index < -0.39 is 11.5 Å². The molecule has 0 spiro atoms. The molecule has 6 nitrogen and oxygen atoms in total. The number of carboxylic acid groups (broad SMARTS) is 1. The third kappa shape index (κ3) is 6.72. The number of aromatic amines is 1. The quantitative estimate of drug-likeness (QED) is 0.227. The summed E-state index contributed by atoms with van der Waals surface area (Å²) >= 11 is 0. The number of fused-ring (bicyclic) bond motifs is 1. The van der Waals surface area contributed by atoms with Gasteiger partial charge in [0, 0.05) is 18.8 Å². The molecule has 1 aliphatic rings. The number of nitrogens with zero attached hydrogens (tertiary/aromatic N) is 2. The van der Waals surface area contributed by atoms with Gasteiger partial charge in [0.2, 0.25) is 0 Å². The van der Waals surface area contributed by atoms with Crippen LogP contribution in [0.15, 0.2) is 59.1 Å². The molecule has 194 valence electrons. The molecule has 0 radical (unpaired) electrons. The van der Waals surface area contributed by atoms with Crippen LogP contribution in [-0.2, 0) is 6.42 Å². The van der Waals surface area contributed by atoms with Gasteiger partial charge in [-0.25, -0.2) is 9.48 Å². The highest BCUT2D eigenvalue weighted by molar-refractivity contribution is 5.90. The molecule has 6 heteroatoms. The van der Waals surface area contributed by atoms with Crippen molar-refractivity contribution in [2.45, 2.75) is 64.7 Å². The van der Waals surface area contributed by atoms with Crippen LogP contribution in [0.4, 0.5) is 5.69 Å². The number of nitrogens with one attached hydrogen (secondary N) is 1. The average molecular weight is 500 g/mol. The maximum Gasteiger partial charge on any atom is 0.354 e. The highest BCUT2D eigenvalue weighted by atomic mass is 16.4. The minimum atomic E-state index is -1.18. The Labute approximate surface area is 218 Å². The van der Waals surface area contributed by atoms with Crippen LogP contribution in [0.5, 0.6) is 0 Å². The predicted octanol–water partition coefficient (Wildman–Crippen LogP) is 6.69. The highest BCUT2D eigenvalue weighted by Crippen LogP contribution is 2.28. The van der Waals surface area contributed by atoms with Crippen LogP contribution in [-0.4, -0.2) is 33.9 Å². The van der Waals surface area contributed by atoms with Crippen molar-refractivity contribution in [1.29, 1.82) is 0 Å². The smallest absolute Gasteiger partial charge is 0.354 e. The van der Waals surface area contributed by atoms with Crippen LogP contribution in [0.3, 0.4) is 0 Å². The second-order valence-electron chi connectivity index (χ2n) is 9.74. The first-order valence-electron chi connectivity index (χ1n) is 13.5. The molecule has 3 aromatic rings. The van der Waals surface area contributed by atoms with Gasteiger partial charge in [-0.2, -0.15) is 0 Å². The zero-order chi connectivity index (χ0) is 26.0. The first-order valence-corrected chi connectivity index (χ1v) is 13.5. The second kappa shape index (κ2) is 13.0. The van der Waals surface area contributed by atoms with E-state index in [2.05, 4.69) is 40.9 Å². The summed E-state index contributed by atoms with van der Waals surface area (Å²) in [6.45, 7) is 4.46. The first-order chi connectivity index (χ1) is 18.1. The Bertz CT molecular complexity index is 1310. The normalized spacial score (nSPS) is 12.9. The SMILES string of the molecule is CCCCCCCCN1CCCCc2cc(C=C=Cc3c(C(=O)O)[nH]n(-c4ccccc4)c3=O)ccc21. The second-order valence-corrected chi connectivity index (χ2v) is 9.74. The molecule has 0 fully saturated rings. The fourth-order valence-corrected chi connectivity index (χ4v) is 4.98. The van der Waals surface area contributed by atoms with Crippen molar-refractivity contribution in [2.75, 3.05) is 18.0 Å². The Hall–Kier alpha value is -3.76. The van der Waals surface area contributed by atoms with E-state index in [1.807, 2.05) is 12.1 Å². The highest BCUT2D eigenvalue weighted by Gasteiger charge is 2.18. The van der Waals surface area contributed by atoms with Gasteiger partial charge in [-0.05, 0) is 73.2 Å². The van der Waals surface area contributed by atoms with Gasteiger partial charge in [0.25, 0.3) is 5.56 Å². The number of unbranched alkanes of at least 4 members (excludes halogenated alkanes) is 5. The van der Waals surface area contributed by atoms with Crippen molar-refractivity contribution in [3.05, 3.63) is 87.0 Å². The number of benzene rings is 2. The first kappa shape index (κ1) is 26.3. The number of aromatic nitrogens is 2. The molecule has 0 aliphatic carbocycles. The van der Waals surface area contributed by atoms with Gasteiger partial charge in [-0.3, -0.25) is 9.89 Å². The Balaban J connectivity index is 1.52. The van der Waals surface area contributed by atoms with E-state index in [0.29, 0.717) is 5.69 Å². The Morgan fingerprint density at radius 2 is 1.81 bits per heavy atom. The molecule has 0 atom stereocenters. The zero-order valence-corrected chi connectivity index (χ0v) is 21.7.